The van der Waals surface area contributed by atoms with Crippen LogP contribution >= 0.6 is 0 Å². The number of rotatable bonds is 1. The molecule has 2 N–H and O–H groups in total. The molecule has 0 aliphatic heterocycles. The van der Waals surface area contributed by atoms with E-state index in [1.807, 2.05) is 6.20 Å². The van der Waals surface area contributed by atoms with Gasteiger partial charge in [-0.1, -0.05) is 13.8 Å². The second-order valence-electron chi connectivity index (χ2n) is 4.36. The lowest BCUT2D eigenvalue weighted by atomic mass is 9.93. The third-order valence-corrected chi connectivity index (χ3v) is 2.72. The van der Waals surface area contributed by atoms with Crippen LogP contribution in [0.2, 0.25) is 0 Å². The first kappa shape index (κ1) is 9.59. The lowest BCUT2D eigenvalue weighted by Crippen LogP contribution is -2.28. The van der Waals surface area contributed by atoms with E-state index in [9.17, 15) is 0 Å². The molecule has 14 heavy (non-hydrogen) atoms. The molecular formula is C11H17N3. The number of aryl methyl sites for hydroxylation is 1. The molecule has 0 fully saturated rings. The van der Waals surface area contributed by atoms with Crippen molar-refractivity contribution in [3.63, 3.8) is 0 Å². The van der Waals surface area contributed by atoms with Gasteiger partial charge in [-0.3, -0.25) is 0 Å². The number of aromatic nitrogens is 2. The molecule has 0 saturated carbocycles. The zero-order chi connectivity index (χ0) is 10.1. The molecule has 1 aliphatic carbocycles. The number of nitrogens with zero attached hydrogens (tertiary/aromatic N) is 2. The predicted molar refractivity (Wildman–Crippen MR) is 56.1 cm³/mol. The maximum atomic E-state index is 5.89. The Morgan fingerprint density at radius 3 is 3.00 bits per heavy atom. The van der Waals surface area contributed by atoms with Crippen LogP contribution in [-0.2, 0) is 12.8 Å². The smallest absolute Gasteiger partial charge is 0.131 e. The molecule has 0 saturated heterocycles. The molecule has 1 unspecified atom stereocenters. The van der Waals surface area contributed by atoms with Gasteiger partial charge in [0.2, 0.25) is 0 Å². The molecule has 3 heteroatoms. The normalized spacial score (nSPS) is 21.0. The highest BCUT2D eigenvalue weighted by molar-refractivity contribution is 5.22. The average Bonchev–Trinajstić information content (AvgIpc) is 2.16. The summed E-state index contributed by atoms with van der Waals surface area (Å²) in [5, 5.41) is 0. The first-order valence-electron chi connectivity index (χ1n) is 5.27. The van der Waals surface area contributed by atoms with Crippen molar-refractivity contribution in [2.24, 2.45) is 5.73 Å². The summed E-state index contributed by atoms with van der Waals surface area (Å²) in [5.74, 6) is 1.37. The van der Waals surface area contributed by atoms with E-state index in [4.69, 9.17) is 5.73 Å². The third kappa shape index (κ3) is 1.77. The van der Waals surface area contributed by atoms with E-state index in [0.29, 0.717) is 12.0 Å². The van der Waals surface area contributed by atoms with Gasteiger partial charge in [-0.25, -0.2) is 9.97 Å². The minimum atomic E-state index is 0.302. The largest absolute Gasteiger partial charge is 0.327 e. The Hall–Kier alpha value is -0.960. The van der Waals surface area contributed by atoms with Crippen LogP contribution < -0.4 is 5.73 Å². The molecule has 1 aliphatic rings. The van der Waals surface area contributed by atoms with Gasteiger partial charge in [0, 0.05) is 23.9 Å². The van der Waals surface area contributed by atoms with Gasteiger partial charge >= 0.3 is 0 Å². The van der Waals surface area contributed by atoms with Gasteiger partial charge in [0.05, 0.1) is 0 Å². The highest BCUT2D eigenvalue weighted by Gasteiger charge is 2.17. The lowest BCUT2D eigenvalue weighted by molar-refractivity contribution is 0.558. The molecular weight excluding hydrogens is 174 g/mol. The van der Waals surface area contributed by atoms with Crippen molar-refractivity contribution in [3.8, 4) is 0 Å². The summed E-state index contributed by atoms with van der Waals surface area (Å²) in [6.07, 6.45) is 4.96. The van der Waals surface area contributed by atoms with Crippen molar-refractivity contribution >= 4 is 0 Å². The molecule has 0 aromatic carbocycles. The van der Waals surface area contributed by atoms with Gasteiger partial charge in [-0.15, -0.1) is 0 Å². The SMILES string of the molecule is CC(C)c1ncc2c(n1)CCC(N)C2. The highest BCUT2D eigenvalue weighted by atomic mass is 14.9. The van der Waals surface area contributed by atoms with Crippen LogP contribution in [0.15, 0.2) is 6.20 Å². The van der Waals surface area contributed by atoms with E-state index in [0.717, 1.165) is 25.1 Å². The fourth-order valence-electron chi connectivity index (χ4n) is 1.83. The molecule has 76 valence electrons. The second-order valence-corrected chi connectivity index (χ2v) is 4.36. The van der Waals surface area contributed by atoms with E-state index in [-0.39, 0.29) is 0 Å². The Morgan fingerprint density at radius 2 is 2.29 bits per heavy atom. The monoisotopic (exact) mass is 191 g/mol. The van der Waals surface area contributed by atoms with Gasteiger partial charge in [-0.05, 0) is 24.8 Å². The van der Waals surface area contributed by atoms with Crippen LogP contribution in [0.1, 0.15) is 43.3 Å². The Kier molecular flexibility index (Phi) is 2.50. The summed E-state index contributed by atoms with van der Waals surface area (Å²) in [4.78, 5) is 8.94. The molecule has 0 spiro atoms. The van der Waals surface area contributed by atoms with Crippen LogP contribution in [0.5, 0.6) is 0 Å². The van der Waals surface area contributed by atoms with Crippen LogP contribution in [-0.4, -0.2) is 16.0 Å². The minimum absolute atomic E-state index is 0.302. The van der Waals surface area contributed by atoms with Crippen LogP contribution in [0.25, 0.3) is 0 Å². The zero-order valence-electron chi connectivity index (χ0n) is 8.83. The molecule has 1 atom stereocenters. The molecule has 0 radical (unpaired) electrons. The molecule has 0 bridgehead atoms. The summed E-state index contributed by atoms with van der Waals surface area (Å²) in [7, 11) is 0. The first-order valence-corrected chi connectivity index (χ1v) is 5.27. The lowest BCUT2D eigenvalue weighted by Gasteiger charge is -2.20. The molecule has 2 rings (SSSR count). The number of nitrogens with two attached hydrogens (primary N) is 1. The molecule has 0 amide bonds. The zero-order valence-corrected chi connectivity index (χ0v) is 8.83. The minimum Gasteiger partial charge on any atom is -0.327 e. The summed E-state index contributed by atoms with van der Waals surface area (Å²) in [5.41, 5.74) is 8.35. The first-order chi connectivity index (χ1) is 6.66. The molecule has 1 aromatic heterocycles. The Labute approximate surface area is 84.8 Å². The van der Waals surface area contributed by atoms with Gasteiger partial charge in [0.25, 0.3) is 0 Å². The Morgan fingerprint density at radius 1 is 1.50 bits per heavy atom. The molecule has 1 aromatic rings. The number of hydrogen-bond donors (Lipinski definition) is 1. The fourth-order valence-corrected chi connectivity index (χ4v) is 1.83. The summed E-state index contributed by atoms with van der Waals surface area (Å²) < 4.78 is 0. The van der Waals surface area contributed by atoms with Gasteiger partial charge in [0.15, 0.2) is 0 Å². The van der Waals surface area contributed by atoms with Gasteiger partial charge in [0.1, 0.15) is 5.82 Å². The van der Waals surface area contributed by atoms with E-state index >= 15 is 0 Å². The topological polar surface area (TPSA) is 51.8 Å². The van der Waals surface area contributed by atoms with Crippen molar-refractivity contribution < 1.29 is 0 Å². The van der Waals surface area contributed by atoms with E-state index < -0.39 is 0 Å². The third-order valence-electron chi connectivity index (χ3n) is 2.72. The maximum Gasteiger partial charge on any atom is 0.131 e. The van der Waals surface area contributed by atoms with E-state index in [2.05, 4.69) is 23.8 Å². The maximum absolute atomic E-state index is 5.89. The fraction of sp³-hybridized carbons (Fsp3) is 0.636. The Balaban J connectivity index is 2.31. The number of hydrogen-bond acceptors (Lipinski definition) is 3. The van der Waals surface area contributed by atoms with E-state index in [1.54, 1.807) is 0 Å². The summed E-state index contributed by atoms with van der Waals surface area (Å²) in [6, 6.07) is 0.302. The Bertz CT molecular complexity index is 333. The molecule has 3 nitrogen and oxygen atoms in total. The standard InChI is InChI=1S/C11H17N3/c1-7(2)11-13-6-8-5-9(12)3-4-10(8)14-11/h6-7,9H,3-5,12H2,1-2H3. The quantitative estimate of drug-likeness (QED) is 0.730. The van der Waals surface area contributed by atoms with Crippen molar-refractivity contribution in [2.45, 2.75) is 45.1 Å². The van der Waals surface area contributed by atoms with Gasteiger partial charge in [-0.2, -0.15) is 0 Å². The second kappa shape index (κ2) is 3.65. The predicted octanol–water partition coefficient (Wildman–Crippen LogP) is 1.42. The van der Waals surface area contributed by atoms with Crippen molar-refractivity contribution in [1.82, 2.24) is 9.97 Å². The highest BCUT2D eigenvalue weighted by Crippen LogP contribution is 2.19. The van der Waals surface area contributed by atoms with Gasteiger partial charge < -0.3 is 5.73 Å². The average molecular weight is 191 g/mol. The van der Waals surface area contributed by atoms with E-state index in [1.165, 1.54) is 11.3 Å². The van der Waals surface area contributed by atoms with Crippen LogP contribution in [0, 0.1) is 0 Å². The van der Waals surface area contributed by atoms with Crippen molar-refractivity contribution in [3.05, 3.63) is 23.3 Å². The summed E-state index contributed by atoms with van der Waals surface area (Å²) in [6.45, 7) is 4.24. The summed E-state index contributed by atoms with van der Waals surface area (Å²) >= 11 is 0. The number of fused-ring (bicyclic) bond motifs is 1. The molecule has 1 heterocycles. The van der Waals surface area contributed by atoms with Crippen molar-refractivity contribution in [2.75, 3.05) is 0 Å². The van der Waals surface area contributed by atoms with Crippen molar-refractivity contribution in [1.29, 1.82) is 0 Å². The van der Waals surface area contributed by atoms with Crippen LogP contribution in [0.3, 0.4) is 0 Å². The van der Waals surface area contributed by atoms with Crippen LogP contribution in [0.4, 0.5) is 0 Å².